The monoisotopic (exact) mass is 231 g/mol. The first-order valence-corrected chi connectivity index (χ1v) is 5.94. The largest absolute Gasteiger partial charge is 0.368 e. The summed E-state index contributed by atoms with van der Waals surface area (Å²) in [7, 11) is 0. The minimum atomic E-state index is -0.308. The molecule has 90 valence electrons. The summed E-state index contributed by atoms with van der Waals surface area (Å²) >= 11 is 0. The number of hydrogen-bond donors (Lipinski definition) is 1. The molecular weight excluding hydrogens is 214 g/mol. The van der Waals surface area contributed by atoms with Crippen molar-refractivity contribution in [1.82, 2.24) is 9.55 Å². The Hall–Kier alpha value is -1.84. The Kier molecular flexibility index (Phi) is 3.13. The summed E-state index contributed by atoms with van der Waals surface area (Å²) in [6.45, 7) is 4.00. The molecule has 0 aliphatic heterocycles. The lowest BCUT2D eigenvalue weighted by Crippen LogP contribution is -2.27. The molecule has 0 radical (unpaired) electrons. The van der Waals surface area contributed by atoms with Crippen LogP contribution in [-0.4, -0.2) is 15.5 Å². The van der Waals surface area contributed by atoms with E-state index >= 15 is 0 Å². The van der Waals surface area contributed by atoms with Crippen LogP contribution in [-0.2, 0) is 11.2 Å². The van der Waals surface area contributed by atoms with Crippen LogP contribution in [0.4, 0.5) is 0 Å². The normalized spacial score (nSPS) is 12.8. The summed E-state index contributed by atoms with van der Waals surface area (Å²) in [5.41, 5.74) is 7.37. The number of carbonyl (C=O) groups is 1. The fourth-order valence-corrected chi connectivity index (χ4v) is 2.20. The molecule has 0 aliphatic carbocycles. The van der Waals surface area contributed by atoms with E-state index in [-0.39, 0.29) is 11.9 Å². The number of rotatable bonds is 4. The van der Waals surface area contributed by atoms with Gasteiger partial charge in [0.1, 0.15) is 11.9 Å². The first kappa shape index (κ1) is 11.6. The SMILES string of the molecule is CCc1nc2ccccc2n1C(CC)C(N)=O. The number of nitrogens with two attached hydrogens (primary N) is 1. The minimum Gasteiger partial charge on any atom is -0.368 e. The van der Waals surface area contributed by atoms with Crippen LogP contribution < -0.4 is 5.73 Å². The average molecular weight is 231 g/mol. The number of amides is 1. The van der Waals surface area contributed by atoms with Crippen molar-refractivity contribution >= 4 is 16.9 Å². The number of imidazole rings is 1. The number of carbonyl (C=O) groups excluding carboxylic acids is 1. The summed E-state index contributed by atoms with van der Waals surface area (Å²) in [4.78, 5) is 16.1. The maximum absolute atomic E-state index is 11.5. The first-order valence-electron chi connectivity index (χ1n) is 5.94. The summed E-state index contributed by atoms with van der Waals surface area (Å²) in [5, 5.41) is 0. The van der Waals surface area contributed by atoms with Crippen LogP contribution in [0.2, 0.25) is 0 Å². The maximum Gasteiger partial charge on any atom is 0.240 e. The molecule has 0 saturated heterocycles. The summed E-state index contributed by atoms with van der Waals surface area (Å²) in [5.74, 6) is 0.613. The van der Waals surface area contributed by atoms with E-state index in [1.165, 1.54) is 0 Å². The van der Waals surface area contributed by atoms with E-state index in [4.69, 9.17) is 5.73 Å². The van der Waals surface area contributed by atoms with Crippen LogP contribution in [0.25, 0.3) is 11.0 Å². The highest BCUT2D eigenvalue weighted by Crippen LogP contribution is 2.23. The second-order valence-electron chi connectivity index (χ2n) is 4.07. The zero-order chi connectivity index (χ0) is 12.4. The number of para-hydroxylation sites is 2. The van der Waals surface area contributed by atoms with Crippen LogP contribution in [0, 0.1) is 0 Å². The fraction of sp³-hybridized carbons (Fsp3) is 0.385. The van der Waals surface area contributed by atoms with Gasteiger partial charge >= 0.3 is 0 Å². The topological polar surface area (TPSA) is 60.9 Å². The number of primary amides is 1. The van der Waals surface area contributed by atoms with Crippen LogP contribution in [0.5, 0.6) is 0 Å². The second kappa shape index (κ2) is 4.57. The van der Waals surface area contributed by atoms with Crippen LogP contribution in [0.15, 0.2) is 24.3 Å². The average Bonchev–Trinajstić information content (AvgIpc) is 2.69. The summed E-state index contributed by atoms with van der Waals surface area (Å²) in [6.07, 6.45) is 1.47. The number of aryl methyl sites for hydroxylation is 1. The predicted molar refractivity (Wildman–Crippen MR) is 67.6 cm³/mol. The van der Waals surface area contributed by atoms with E-state index in [0.29, 0.717) is 6.42 Å². The van der Waals surface area contributed by atoms with Gasteiger partial charge in [0.15, 0.2) is 0 Å². The molecule has 0 saturated carbocycles. The molecule has 1 aromatic carbocycles. The van der Waals surface area contributed by atoms with Crippen molar-refractivity contribution in [2.24, 2.45) is 5.73 Å². The Bertz CT molecular complexity index is 545. The van der Waals surface area contributed by atoms with Gasteiger partial charge in [-0.15, -0.1) is 0 Å². The van der Waals surface area contributed by atoms with Crippen LogP contribution >= 0.6 is 0 Å². The molecule has 1 heterocycles. The van der Waals surface area contributed by atoms with Crippen molar-refractivity contribution in [2.75, 3.05) is 0 Å². The molecule has 2 aromatic rings. The lowest BCUT2D eigenvalue weighted by atomic mass is 10.2. The highest BCUT2D eigenvalue weighted by molar-refractivity contribution is 5.83. The third-order valence-electron chi connectivity index (χ3n) is 3.01. The van der Waals surface area contributed by atoms with E-state index in [9.17, 15) is 4.79 Å². The first-order chi connectivity index (χ1) is 8.19. The number of hydrogen-bond acceptors (Lipinski definition) is 2. The Labute approximate surface area is 100 Å². The molecule has 2 rings (SSSR count). The molecule has 4 nitrogen and oxygen atoms in total. The molecule has 0 aliphatic rings. The van der Waals surface area contributed by atoms with Gasteiger partial charge in [-0.25, -0.2) is 4.98 Å². The molecule has 0 fully saturated rings. The second-order valence-corrected chi connectivity index (χ2v) is 4.07. The highest BCUT2D eigenvalue weighted by Gasteiger charge is 2.20. The molecule has 2 N–H and O–H groups in total. The van der Waals surface area contributed by atoms with Crippen molar-refractivity contribution in [2.45, 2.75) is 32.7 Å². The number of nitrogens with zero attached hydrogens (tertiary/aromatic N) is 2. The molecule has 1 atom stereocenters. The molecule has 0 spiro atoms. The van der Waals surface area contributed by atoms with E-state index in [0.717, 1.165) is 23.3 Å². The van der Waals surface area contributed by atoms with Crippen LogP contribution in [0.1, 0.15) is 32.1 Å². The van der Waals surface area contributed by atoms with Gasteiger partial charge in [0.25, 0.3) is 0 Å². The maximum atomic E-state index is 11.5. The third kappa shape index (κ3) is 1.90. The van der Waals surface area contributed by atoms with Gasteiger partial charge < -0.3 is 10.3 Å². The van der Waals surface area contributed by atoms with Gasteiger partial charge in [0.05, 0.1) is 11.0 Å². The lowest BCUT2D eigenvalue weighted by molar-refractivity contribution is -0.121. The van der Waals surface area contributed by atoms with E-state index in [2.05, 4.69) is 4.98 Å². The standard InChI is InChI=1S/C13H17N3O/c1-3-10(13(14)17)16-11-8-6-5-7-9(11)15-12(16)4-2/h5-8,10H,3-4H2,1-2H3,(H2,14,17). The van der Waals surface area contributed by atoms with E-state index < -0.39 is 0 Å². The zero-order valence-corrected chi connectivity index (χ0v) is 10.2. The third-order valence-corrected chi connectivity index (χ3v) is 3.01. The molecule has 1 unspecified atom stereocenters. The van der Waals surface area contributed by atoms with Gasteiger partial charge in [-0.3, -0.25) is 4.79 Å². The van der Waals surface area contributed by atoms with Crippen molar-refractivity contribution in [1.29, 1.82) is 0 Å². The van der Waals surface area contributed by atoms with Crippen molar-refractivity contribution < 1.29 is 4.79 Å². The fourth-order valence-electron chi connectivity index (χ4n) is 2.20. The van der Waals surface area contributed by atoms with Gasteiger partial charge in [-0.1, -0.05) is 26.0 Å². The molecule has 1 aromatic heterocycles. The molecule has 4 heteroatoms. The molecular formula is C13H17N3O. The Morgan fingerprint density at radius 2 is 2.12 bits per heavy atom. The van der Waals surface area contributed by atoms with Gasteiger partial charge in [0, 0.05) is 6.42 Å². The molecule has 1 amide bonds. The van der Waals surface area contributed by atoms with E-state index in [1.54, 1.807) is 0 Å². The Morgan fingerprint density at radius 3 is 2.71 bits per heavy atom. The van der Waals surface area contributed by atoms with Gasteiger partial charge in [-0.05, 0) is 18.6 Å². The van der Waals surface area contributed by atoms with Gasteiger partial charge in [0.2, 0.25) is 5.91 Å². The lowest BCUT2D eigenvalue weighted by Gasteiger charge is -2.16. The Morgan fingerprint density at radius 1 is 1.41 bits per heavy atom. The quantitative estimate of drug-likeness (QED) is 0.875. The zero-order valence-electron chi connectivity index (χ0n) is 10.2. The Balaban J connectivity index is 2.68. The number of aromatic nitrogens is 2. The van der Waals surface area contributed by atoms with E-state index in [1.807, 2.05) is 42.7 Å². The summed E-state index contributed by atoms with van der Waals surface area (Å²) < 4.78 is 1.97. The van der Waals surface area contributed by atoms with Gasteiger partial charge in [-0.2, -0.15) is 0 Å². The summed E-state index contributed by atoms with van der Waals surface area (Å²) in [6, 6.07) is 7.53. The molecule has 0 bridgehead atoms. The smallest absolute Gasteiger partial charge is 0.240 e. The number of benzene rings is 1. The van der Waals surface area contributed by atoms with Crippen molar-refractivity contribution in [3.8, 4) is 0 Å². The predicted octanol–water partition coefficient (Wildman–Crippen LogP) is 2.04. The van der Waals surface area contributed by atoms with Crippen molar-refractivity contribution in [3.63, 3.8) is 0 Å². The highest BCUT2D eigenvalue weighted by atomic mass is 16.1. The molecule has 17 heavy (non-hydrogen) atoms. The van der Waals surface area contributed by atoms with Crippen molar-refractivity contribution in [3.05, 3.63) is 30.1 Å². The van der Waals surface area contributed by atoms with Crippen LogP contribution in [0.3, 0.4) is 0 Å². The minimum absolute atomic E-state index is 0.301. The number of fused-ring (bicyclic) bond motifs is 1.